The second-order valence-electron chi connectivity index (χ2n) is 7.15. The standard InChI is InChI=1S/C25H26N2O3/c1-18-9-8-10-19(2)25(18)27-23(28)16-26-24(29)17-30-22-14-7-6-13-21(22)15-20-11-4-3-5-12-20/h3-14H,15-17H2,1-2H3,(H,26,29)(H,27,28). The fraction of sp³-hybridized carbons (Fsp3) is 0.200. The Kier molecular flexibility index (Phi) is 7.22. The highest BCUT2D eigenvalue weighted by molar-refractivity contribution is 5.95. The van der Waals surface area contributed by atoms with Gasteiger partial charge in [0.1, 0.15) is 5.75 Å². The molecule has 0 aromatic heterocycles. The van der Waals surface area contributed by atoms with E-state index in [0.717, 1.165) is 28.8 Å². The number of carbonyl (C=O) groups excluding carboxylic acids is 2. The Hall–Kier alpha value is -3.60. The fourth-order valence-corrected chi connectivity index (χ4v) is 3.17. The largest absolute Gasteiger partial charge is 0.483 e. The predicted octanol–water partition coefficient (Wildman–Crippen LogP) is 4.03. The number of hydrogen-bond acceptors (Lipinski definition) is 3. The van der Waals surface area contributed by atoms with E-state index >= 15 is 0 Å². The Morgan fingerprint density at radius 1 is 0.800 bits per heavy atom. The van der Waals surface area contributed by atoms with Gasteiger partial charge in [0.25, 0.3) is 5.91 Å². The summed E-state index contributed by atoms with van der Waals surface area (Å²) in [6, 6.07) is 23.5. The first kappa shape index (κ1) is 21.1. The van der Waals surface area contributed by atoms with Crippen LogP contribution >= 0.6 is 0 Å². The number of carbonyl (C=O) groups is 2. The van der Waals surface area contributed by atoms with E-state index in [9.17, 15) is 9.59 Å². The van der Waals surface area contributed by atoms with E-state index in [1.165, 1.54) is 5.56 Å². The zero-order valence-electron chi connectivity index (χ0n) is 17.3. The molecule has 0 fully saturated rings. The quantitative estimate of drug-likeness (QED) is 0.598. The average molecular weight is 402 g/mol. The predicted molar refractivity (Wildman–Crippen MR) is 119 cm³/mol. The molecule has 0 aliphatic rings. The molecule has 2 N–H and O–H groups in total. The Bertz CT molecular complexity index is 996. The SMILES string of the molecule is Cc1cccc(C)c1NC(=O)CNC(=O)COc1ccccc1Cc1ccccc1. The minimum Gasteiger partial charge on any atom is -0.483 e. The summed E-state index contributed by atoms with van der Waals surface area (Å²) < 4.78 is 5.72. The molecule has 0 heterocycles. The van der Waals surface area contributed by atoms with Crippen molar-refractivity contribution in [2.75, 3.05) is 18.5 Å². The third-order valence-corrected chi connectivity index (χ3v) is 4.76. The van der Waals surface area contributed by atoms with Crippen LogP contribution in [0.4, 0.5) is 5.69 Å². The number of benzene rings is 3. The fourth-order valence-electron chi connectivity index (χ4n) is 3.17. The number of nitrogens with one attached hydrogen (secondary N) is 2. The van der Waals surface area contributed by atoms with Crippen LogP contribution in [0.5, 0.6) is 5.75 Å². The Labute approximate surface area is 177 Å². The molecule has 0 unspecified atom stereocenters. The lowest BCUT2D eigenvalue weighted by atomic mass is 10.0. The number of rotatable bonds is 8. The number of hydrogen-bond donors (Lipinski definition) is 2. The first-order valence-electron chi connectivity index (χ1n) is 9.90. The van der Waals surface area contributed by atoms with Gasteiger partial charge in [-0.25, -0.2) is 0 Å². The van der Waals surface area contributed by atoms with Crippen molar-refractivity contribution in [2.45, 2.75) is 20.3 Å². The molecule has 3 rings (SSSR count). The number of aryl methyl sites for hydroxylation is 2. The highest BCUT2D eigenvalue weighted by Gasteiger charge is 2.11. The maximum atomic E-state index is 12.2. The summed E-state index contributed by atoms with van der Waals surface area (Å²) >= 11 is 0. The smallest absolute Gasteiger partial charge is 0.258 e. The van der Waals surface area contributed by atoms with Crippen molar-refractivity contribution in [1.82, 2.24) is 5.32 Å². The summed E-state index contributed by atoms with van der Waals surface area (Å²) in [5.74, 6) is 0.0443. The highest BCUT2D eigenvalue weighted by Crippen LogP contribution is 2.21. The molecule has 30 heavy (non-hydrogen) atoms. The molecule has 0 saturated carbocycles. The van der Waals surface area contributed by atoms with E-state index in [0.29, 0.717) is 5.75 Å². The number of anilines is 1. The summed E-state index contributed by atoms with van der Waals surface area (Å²) in [5, 5.41) is 5.45. The van der Waals surface area contributed by atoms with Crippen molar-refractivity contribution in [3.8, 4) is 5.75 Å². The van der Waals surface area contributed by atoms with Crippen LogP contribution in [0.15, 0.2) is 72.8 Å². The zero-order chi connectivity index (χ0) is 21.3. The molecular formula is C25H26N2O3. The topological polar surface area (TPSA) is 67.4 Å². The lowest BCUT2D eigenvalue weighted by molar-refractivity contribution is -0.125. The van der Waals surface area contributed by atoms with Gasteiger partial charge in [-0.3, -0.25) is 9.59 Å². The van der Waals surface area contributed by atoms with Crippen molar-refractivity contribution in [1.29, 1.82) is 0 Å². The van der Waals surface area contributed by atoms with Crippen LogP contribution < -0.4 is 15.4 Å². The minimum absolute atomic E-state index is 0.109. The highest BCUT2D eigenvalue weighted by atomic mass is 16.5. The molecule has 5 heteroatoms. The van der Waals surface area contributed by atoms with Crippen molar-refractivity contribution in [3.63, 3.8) is 0 Å². The molecule has 0 spiro atoms. The van der Waals surface area contributed by atoms with E-state index in [2.05, 4.69) is 22.8 Å². The normalized spacial score (nSPS) is 10.3. The summed E-state index contributed by atoms with van der Waals surface area (Å²) in [6.45, 7) is 3.61. The number of amides is 2. The molecule has 0 atom stereocenters. The van der Waals surface area contributed by atoms with Crippen LogP contribution in [0.3, 0.4) is 0 Å². The Balaban J connectivity index is 1.50. The van der Waals surface area contributed by atoms with Gasteiger partial charge in [0, 0.05) is 12.1 Å². The lowest BCUT2D eigenvalue weighted by Crippen LogP contribution is -2.36. The third-order valence-electron chi connectivity index (χ3n) is 4.76. The van der Waals surface area contributed by atoms with Gasteiger partial charge in [0.15, 0.2) is 6.61 Å². The van der Waals surface area contributed by atoms with Gasteiger partial charge in [0.05, 0.1) is 6.54 Å². The third kappa shape index (κ3) is 5.95. The Morgan fingerprint density at radius 2 is 1.47 bits per heavy atom. The van der Waals surface area contributed by atoms with Crippen LogP contribution in [0.25, 0.3) is 0 Å². The summed E-state index contributed by atoms with van der Waals surface area (Å²) in [5.41, 5.74) is 4.91. The van der Waals surface area contributed by atoms with E-state index < -0.39 is 0 Å². The first-order valence-corrected chi connectivity index (χ1v) is 9.90. The van der Waals surface area contributed by atoms with Gasteiger partial charge in [0.2, 0.25) is 5.91 Å². The molecule has 154 valence electrons. The van der Waals surface area contributed by atoms with Crippen molar-refractivity contribution in [2.24, 2.45) is 0 Å². The molecule has 2 amide bonds. The minimum atomic E-state index is -0.346. The average Bonchev–Trinajstić information content (AvgIpc) is 2.75. The van der Waals surface area contributed by atoms with E-state index in [-0.39, 0.29) is 25.0 Å². The van der Waals surface area contributed by atoms with Gasteiger partial charge in [-0.1, -0.05) is 66.7 Å². The Morgan fingerprint density at radius 3 is 2.20 bits per heavy atom. The monoisotopic (exact) mass is 402 g/mol. The summed E-state index contributed by atoms with van der Waals surface area (Å²) in [4.78, 5) is 24.3. The lowest BCUT2D eigenvalue weighted by Gasteiger charge is -2.13. The van der Waals surface area contributed by atoms with E-state index in [1.807, 2.05) is 74.5 Å². The van der Waals surface area contributed by atoms with Crippen LogP contribution in [-0.2, 0) is 16.0 Å². The second-order valence-corrected chi connectivity index (χ2v) is 7.15. The maximum Gasteiger partial charge on any atom is 0.258 e. The molecule has 3 aromatic rings. The van der Waals surface area contributed by atoms with Crippen LogP contribution in [-0.4, -0.2) is 25.0 Å². The zero-order valence-corrected chi connectivity index (χ0v) is 17.3. The molecule has 0 saturated heterocycles. The summed E-state index contributed by atoms with van der Waals surface area (Å²) in [7, 11) is 0. The van der Waals surface area contributed by atoms with Crippen molar-refractivity contribution in [3.05, 3.63) is 95.1 Å². The van der Waals surface area contributed by atoms with Crippen molar-refractivity contribution >= 4 is 17.5 Å². The number of ether oxygens (including phenoxy) is 1. The van der Waals surface area contributed by atoms with E-state index in [4.69, 9.17) is 4.74 Å². The molecule has 0 aliphatic carbocycles. The van der Waals surface area contributed by atoms with E-state index in [1.54, 1.807) is 0 Å². The van der Waals surface area contributed by atoms with Gasteiger partial charge >= 0.3 is 0 Å². The van der Waals surface area contributed by atoms with Gasteiger partial charge < -0.3 is 15.4 Å². The van der Waals surface area contributed by atoms with Crippen molar-refractivity contribution < 1.29 is 14.3 Å². The molecule has 3 aromatic carbocycles. The summed E-state index contributed by atoms with van der Waals surface area (Å²) in [6.07, 6.45) is 0.719. The molecule has 0 bridgehead atoms. The molecular weight excluding hydrogens is 376 g/mol. The van der Waals surface area contributed by atoms with Crippen LogP contribution in [0, 0.1) is 13.8 Å². The van der Waals surface area contributed by atoms with Gasteiger partial charge in [-0.2, -0.15) is 0 Å². The maximum absolute atomic E-state index is 12.2. The molecule has 0 radical (unpaired) electrons. The van der Waals surface area contributed by atoms with Gasteiger partial charge in [-0.05, 0) is 42.2 Å². The number of para-hydroxylation sites is 2. The molecule has 5 nitrogen and oxygen atoms in total. The first-order chi connectivity index (χ1) is 14.5. The molecule has 0 aliphatic heterocycles. The second kappa shape index (κ2) is 10.3. The van der Waals surface area contributed by atoms with Crippen LogP contribution in [0.2, 0.25) is 0 Å². The van der Waals surface area contributed by atoms with Gasteiger partial charge in [-0.15, -0.1) is 0 Å². The van der Waals surface area contributed by atoms with Crippen LogP contribution in [0.1, 0.15) is 22.3 Å².